The molecule has 7 heteroatoms. The van der Waals surface area contributed by atoms with Gasteiger partial charge in [0.05, 0.1) is 4.90 Å². The molecule has 0 radical (unpaired) electrons. The zero-order chi connectivity index (χ0) is 20.9. The molecule has 0 aromatic heterocycles. The Bertz CT molecular complexity index is 932. The van der Waals surface area contributed by atoms with Crippen molar-refractivity contribution >= 4 is 27.3 Å². The Morgan fingerprint density at radius 2 is 1.69 bits per heavy atom. The van der Waals surface area contributed by atoms with Crippen molar-refractivity contribution in [2.45, 2.75) is 50.5 Å². The molecule has 0 unspecified atom stereocenters. The van der Waals surface area contributed by atoms with Gasteiger partial charge in [0.15, 0.2) is 0 Å². The number of carbonyl (C=O) groups is 1. The predicted molar refractivity (Wildman–Crippen MR) is 117 cm³/mol. The second-order valence-electron chi connectivity index (χ2n) is 7.30. The number of nitrogens with zero attached hydrogens (tertiary/aromatic N) is 1. The molecule has 1 aliphatic carbocycles. The van der Waals surface area contributed by atoms with Gasteiger partial charge in [-0.2, -0.15) is 0 Å². The molecule has 0 heterocycles. The van der Waals surface area contributed by atoms with Gasteiger partial charge in [-0.25, -0.2) is 13.1 Å². The van der Waals surface area contributed by atoms with Crippen molar-refractivity contribution in [1.29, 1.82) is 0 Å². The Balaban J connectivity index is 1.70. The van der Waals surface area contributed by atoms with E-state index in [4.69, 9.17) is 0 Å². The fourth-order valence-electron chi connectivity index (χ4n) is 3.68. The molecular formula is C22H29N3O3S. The van der Waals surface area contributed by atoms with Crippen molar-refractivity contribution in [3.63, 3.8) is 0 Å². The van der Waals surface area contributed by atoms with Crippen LogP contribution in [0.5, 0.6) is 0 Å². The van der Waals surface area contributed by atoms with Crippen molar-refractivity contribution in [3.8, 4) is 0 Å². The number of benzene rings is 2. The quantitative estimate of drug-likeness (QED) is 0.683. The maximum atomic E-state index is 12.6. The van der Waals surface area contributed by atoms with E-state index in [2.05, 4.69) is 28.8 Å². The van der Waals surface area contributed by atoms with Gasteiger partial charge in [0.2, 0.25) is 10.0 Å². The number of carbonyl (C=O) groups excluding carboxylic acids is 1. The normalized spacial score (nSPS) is 14.7. The van der Waals surface area contributed by atoms with E-state index in [1.807, 2.05) is 24.3 Å². The number of hydrogen-bond donors (Lipinski definition) is 2. The van der Waals surface area contributed by atoms with Gasteiger partial charge in [-0.05, 0) is 69.2 Å². The molecule has 2 N–H and O–H groups in total. The largest absolute Gasteiger partial charge is 0.372 e. The number of amides is 1. The van der Waals surface area contributed by atoms with Gasteiger partial charge in [0, 0.05) is 36.1 Å². The zero-order valence-electron chi connectivity index (χ0n) is 17.0. The summed E-state index contributed by atoms with van der Waals surface area (Å²) in [6, 6.07) is 13.8. The molecule has 6 nitrogen and oxygen atoms in total. The van der Waals surface area contributed by atoms with Crippen LogP contribution in [-0.2, 0) is 10.0 Å². The molecular weight excluding hydrogens is 386 g/mol. The van der Waals surface area contributed by atoms with E-state index in [0.717, 1.165) is 44.5 Å². The minimum Gasteiger partial charge on any atom is -0.372 e. The first-order valence-corrected chi connectivity index (χ1v) is 11.7. The second kappa shape index (κ2) is 9.41. The molecule has 1 aliphatic rings. The molecule has 1 saturated carbocycles. The maximum Gasteiger partial charge on any atom is 0.255 e. The third-order valence-electron chi connectivity index (χ3n) is 5.34. The fourth-order valence-corrected chi connectivity index (χ4v) is 5.03. The average Bonchev–Trinajstić information content (AvgIpc) is 3.22. The standard InChI is InChI=1S/C22H29N3O3S/c1-3-25(4-2)20-14-12-18(13-15-20)23-22(26)17-8-7-11-21(16-17)29(27,28)24-19-9-5-6-10-19/h7-8,11-16,19,24H,3-6,9-10H2,1-2H3,(H,23,26). The Morgan fingerprint density at radius 3 is 2.31 bits per heavy atom. The monoisotopic (exact) mass is 415 g/mol. The molecule has 156 valence electrons. The van der Waals surface area contributed by atoms with Crippen LogP contribution in [0.4, 0.5) is 11.4 Å². The minimum atomic E-state index is -3.63. The Kier molecular flexibility index (Phi) is 6.92. The van der Waals surface area contributed by atoms with E-state index < -0.39 is 10.0 Å². The summed E-state index contributed by atoms with van der Waals surface area (Å²) in [6.07, 6.45) is 3.82. The van der Waals surface area contributed by atoms with Crippen LogP contribution < -0.4 is 14.9 Å². The van der Waals surface area contributed by atoms with Crippen LogP contribution >= 0.6 is 0 Å². The highest BCUT2D eigenvalue weighted by Gasteiger charge is 2.23. The molecule has 0 bridgehead atoms. The van der Waals surface area contributed by atoms with E-state index in [1.165, 1.54) is 12.1 Å². The van der Waals surface area contributed by atoms with Gasteiger partial charge in [-0.3, -0.25) is 4.79 Å². The molecule has 3 rings (SSSR count). The lowest BCUT2D eigenvalue weighted by Gasteiger charge is -2.21. The van der Waals surface area contributed by atoms with Gasteiger partial charge < -0.3 is 10.2 Å². The molecule has 2 aromatic rings. The van der Waals surface area contributed by atoms with Crippen LogP contribution in [0, 0.1) is 0 Å². The summed E-state index contributed by atoms with van der Waals surface area (Å²) in [4.78, 5) is 15.0. The first-order chi connectivity index (χ1) is 13.9. The van der Waals surface area contributed by atoms with E-state index in [0.29, 0.717) is 11.3 Å². The van der Waals surface area contributed by atoms with Gasteiger partial charge in [0.25, 0.3) is 5.91 Å². The summed E-state index contributed by atoms with van der Waals surface area (Å²) in [5.41, 5.74) is 2.08. The second-order valence-corrected chi connectivity index (χ2v) is 9.02. The Morgan fingerprint density at radius 1 is 1.03 bits per heavy atom. The molecule has 1 amide bonds. The lowest BCUT2D eigenvalue weighted by atomic mass is 10.2. The maximum absolute atomic E-state index is 12.6. The predicted octanol–water partition coefficient (Wildman–Crippen LogP) is 4.01. The number of rotatable bonds is 8. The summed E-state index contributed by atoms with van der Waals surface area (Å²) in [7, 11) is -3.63. The molecule has 2 aromatic carbocycles. The first kappa shape index (κ1) is 21.3. The van der Waals surface area contributed by atoms with Crippen LogP contribution in [-0.4, -0.2) is 33.5 Å². The lowest BCUT2D eigenvalue weighted by Crippen LogP contribution is -2.32. The van der Waals surface area contributed by atoms with Crippen molar-refractivity contribution in [2.75, 3.05) is 23.3 Å². The highest BCUT2D eigenvalue weighted by molar-refractivity contribution is 7.89. The Labute approximate surface area is 173 Å². The molecule has 0 spiro atoms. The van der Waals surface area contributed by atoms with Gasteiger partial charge in [-0.15, -0.1) is 0 Å². The summed E-state index contributed by atoms with van der Waals surface area (Å²) < 4.78 is 28.0. The lowest BCUT2D eigenvalue weighted by molar-refractivity contribution is 0.102. The highest BCUT2D eigenvalue weighted by Crippen LogP contribution is 2.22. The van der Waals surface area contributed by atoms with E-state index in [-0.39, 0.29) is 16.8 Å². The third-order valence-corrected chi connectivity index (χ3v) is 6.86. The summed E-state index contributed by atoms with van der Waals surface area (Å²) >= 11 is 0. The molecule has 0 atom stereocenters. The van der Waals surface area contributed by atoms with Crippen LogP contribution in [0.15, 0.2) is 53.4 Å². The van der Waals surface area contributed by atoms with Gasteiger partial charge in [-0.1, -0.05) is 18.9 Å². The van der Waals surface area contributed by atoms with Crippen LogP contribution in [0.25, 0.3) is 0 Å². The number of anilines is 2. The van der Waals surface area contributed by atoms with E-state index in [1.54, 1.807) is 12.1 Å². The van der Waals surface area contributed by atoms with Crippen molar-refractivity contribution in [3.05, 3.63) is 54.1 Å². The summed E-state index contributed by atoms with van der Waals surface area (Å²) in [5.74, 6) is -0.335. The highest BCUT2D eigenvalue weighted by atomic mass is 32.2. The molecule has 0 saturated heterocycles. The number of hydrogen-bond acceptors (Lipinski definition) is 4. The third kappa shape index (κ3) is 5.36. The van der Waals surface area contributed by atoms with E-state index >= 15 is 0 Å². The molecule has 0 aliphatic heterocycles. The Hall–Kier alpha value is -2.38. The smallest absolute Gasteiger partial charge is 0.255 e. The summed E-state index contributed by atoms with van der Waals surface area (Å²) in [5, 5.41) is 2.84. The number of nitrogens with one attached hydrogen (secondary N) is 2. The van der Waals surface area contributed by atoms with E-state index in [9.17, 15) is 13.2 Å². The summed E-state index contributed by atoms with van der Waals surface area (Å²) in [6.45, 7) is 6.03. The SMILES string of the molecule is CCN(CC)c1ccc(NC(=O)c2cccc(S(=O)(=O)NC3CCCC3)c2)cc1. The molecule has 29 heavy (non-hydrogen) atoms. The minimum absolute atomic E-state index is 0.0122. The average molecular weight is 416 g/mol. The van der Waals surface area contributed by atoms with Gasteiger partial charge >= 0.3 is 0 Å². The van der Waals surface area contributed by atoms with Crippen LogP contribution in [0.2, 0.25) is 0 Å². The van der Waals surface area contributed by atoms with Gasteiger partial charge in [0.1, 0.15) is 0 Å². The van der Waals surface area contributed by atoms with Crippen molar-refractivity contribution in [1.82, 2.24) is 4.72 Å². The zero-order valence-corrected chi connectivity index (χ0v) is 17.8. The topological polar surface area (TPSA) is 78.5 Å². The van der Waals surface area contributed by atoms with Crippen LogP contribution in [0.1, 0.15) is 49.9 Å². The first-order valence-electron chi connectivity index (χ1n) is 10.2. The fraction of sp³-hybridized carbons (Fsp3) is 0.409. The molecule has 1 fully saturated rings. The van der Waals surface area contributed by atoms with Crippen molar-refractivity contribution < 1.29 is 13.2 Å². The number of sulfonamides is 1. The van der Waals surface area contributed by atoms with Crippen molar-refractivity contribution in [2.24, 2.45) is 0 Å². The van der Waals surface area contributed by atoms with Crippen LogP contribution in [0.3, 0.4) is 0 Å².